The monoisotopic (exact) mass is 460 g/mol. The third kappa shape index (κ3) is 5.78. The zero-order valence-corrected chi connectivity index (χ0v) is 18.7. The number of rotatable bonds is 7. The van der Waals surface area contributed by atoms with Crippen LogP contribution in [0.5, 0.6) is 0 Å². The van der Waals surface area contributed by atoms with Gasteiger partial charge in [-0.1, -0.05) is 0 Å². The summed E-state index contributed by atoms with van der Waals surface area (Å²) in [6, 6.07) is 13.2. The molecule has 0 unspecified atom stereocenters. The maximum atomic E-state index is 13.1. The predicted molar refractivity (Wildman–Crippen MR) is 121 cm³/mol. The molecule has 170 valence electrons. The van der Waals surface area contributed by atoms with E-state index in [-0.39, 0.29) is 24.1 Å². The van der Waals surface area contributed by atoms with E-state index < -0.39 is 7.94 Å². The molecule has 1 aliphatic rings. The van der Waals surface area contributed by atoms with Gasteiger partial charge in [0.15, 0.2) is 0 Å². The van der Waals surface area contributed by atoms with Gasteiger partial charge in [-0.3, -0.25) is 0 Å². The van der Waals surface area contributed by atoms with Gasteiger partial charge in [0.1, 0.15) is 5.82 Å². The molecule has 0 saturated carbocycles. The van der Waals surface area contributed by atoms with Crippen LogP contribution < -0.4 is 5.32 Å². The Morgan fingerprint density at radius 3 is 2.53 bits per heavy atom. The normalized spacial score (nSPS) is 18.8. The first-order chi connectivity index (χ1) is 15.4. The second-order valence-corrected chi connectivity index (χ2v) is 10.4. The number of halogens is 1. The second kappa shape index (κ2) is 9.88. The summed E-state index contributed by atoms with van der Waals surface area (Å²) in [6.45, 7) is 3.02. The first-order valence-electron chi connectivity index (χ1n) is 10.5. The van der Waals surface area contributed by atoms with Crippen molar-refractivity contribution < 1.29 is 27.6 Å². The molecule has 1 amide bonds. The van der Waals surface area contributed by atoms with Gasteiger partial charge >= 0.3 is 151 Å². The van der Waals surface area contributed by atoms with Crippen molar-refractivity contribution in [1.82, 2.24) is 5.16 Å². The van der Waals surface area contributed by atoms with Gasteiger partial charge in [0.25, 0.3) is 0 Å². The van der Waals surface area contributed by atoms with Gasteiger partial charge in [-0.05, 0) is 24.3 Å². The van der Waals surface area contributed by atoms with Crippen molar-refractivity contribution in [1.29, 1.82) is 0 Å². The molecule has 0 atom stereocenters. The number of hydrogen-bond donors (Lipinski definition) is 2. The molecule has 7 nitrogen and oxygen atoms in total. The van der Waals surface area contributed by atoms with Crippen LogP contribution in [0, 0.1) is 11.7 Å². The molecule has 2 N–H and O–H groups in total. The molecule has 4 rings (SSSR count). The third-order valence-electron chi connectivity index (χ3n) is 5.22. The van der Waals surface area contributed by atoms with E-state index in [1.54, 1.807) is 30.5 Å². The first kappa shape index (κ1) is 22.6. The Hall–Kier alpha value is -2.64. The average Bonchev–Trinajstić information content (AvgIpc) is 3.25. The van der Waals surface area contributed by atoms with E-state index in [1.165, 1.54) is 12.1 Å². The summed E-state index contributed by atoms with van der Waals surface area (Å²) < 4.78 is 29.6. The van der Waals surface area contributed by atoms with Crippen molar-refractivity contribution in [3.63, 3.8) is 0 Å². The van der Waals surface area contributed by atoms with Crippen molar-refractivity contribution in [2.24, 2.45) is 5.92 Å². The Balaban J connectivity index is 1.30. The van der Waals surface area contributed by atoms with Crippen LogP contribution in [0.2, 0.25) is 0 Å². The average molecular weight is 460 g/mol. The van der Waals surface area contributed by atoms with Crippen LogP contribution in [-0.4, -0.2) is 29.2 Å². The third-order valence-corrected chi connectivity index (χ3v) is 7.31. The molecule has 0 bridgehead atoms. The summed E-state index contributed by atoms with van der Waals surface area (Å²) >= 11 is 0. The van der Waals surface area contributed by atoms with Crippen LogP contribution in [-0.2, 0) is 26.4 Å². The number of anilines is 1. The van der Waals surface area contributed by atoms with Gasteiger partial charge in [-0.15, -0.1) is 0 Å². The fourth-order valence-electron chi connectivity index (χ4n) is 3.45. The van der Waals surface area contributed by atoms with Gasteiger partial charge < -0.3 is 0 Å². The van der Waals surface area contributed by atoms with Gasteiger partial charge in [0.2, 0.25) is 0 Å². The van der Waals surface area contributed by atoms with Crippen molar-refractivity contribution in [3.05, 3.63) is 71.7 Å². The van der Waals surface area contributed by atoms with Gasteiger partial charge in [-0.2, -0.15) is 0 Å². The molecule has 2 heterocycles. The second-order valence-electron chi connectivity index (χ2n) is 8.05. The number of aromatic nitrogens is 1. The molecule has 32 heavy (non-hydrogen) atoms. The molecule has 3 aromatic rings. The maximum absolute atomic E-state index is 13.1. The number of nitrogens with one attached hydrogen (secondary N) is 1. The topological polar surface area (TPSA) is 93.8 Å². The Kier molecular flexibility index (Phi) is 6.96. The van der Waals surface area contributed by atoms with E-state index in [4.69, 9.17) is 13.6 Å². The molecule has 1 saturated heterocycles. The first-order valence-corrected chi connectivity index (χ1v) is 12.5. The Morgan fingerprint density at radius 2 is 1.84 bits per heavy atom. The Bertz CT molecular complexity index is 1050. The van der Waals surface area contributed by atoms with Crippen LogP contribution >= 0.6 is 7.94 Å². The number of amides is 1. The number of carbonyl (C=O) groups is 1. The standard InChI is InChI=1S/C23H26FN2O5P/c1-16-13-29-32(28,30-14-16)15-17-2-9-21(10-3-17)26-22(27)11-6-19-12-25-31-23(19)18-4-7-20(24)8-5-18/h2-5,7-10,12,16,28,32H,6,11,13-15H2,1H3,(H,26,27). The van der Waals surface area contributed by atoms with Crippen LogP contribution in [0.1, 0.15) is 24.5 Å². The number of hydrogen-bond acceptors (Lipinski definition) is 6. The van der Waals surface area contributed by atoms with Crippen molar-refractivity contribution in [2.45, 2.75) is 25.9 Å². The molecule has 9 heteroatoms. The number of nitrogens with zero attached hydrogens (tertiary/aromatic N) is 1. The molecular weight excluding hydrogens is 434 g/mol. The van der Waals surface area contributed by atoms with Gasteiger partial charge in [0.05, 0.1) is 0 Å². The summed E-state index contributed by atoms with van der Waals surface area (Å²) in [5.74, 6) is 0.339. The fraction of sp³-hybridized carbons (Fsp3) is 0.304. The van der Waals surface area contributed by atoms with E-state index in [0.717, 1.165) is 11.1 Å². The zero-order valence-electron chi connectivity index (χ0n) is 17.7. The Morgan fingerprint density at radius 1 is 1.16 bits per heavy atom. The number of aryl methyl sites for hydroxylation is 1. The van der Waals surface area contributed by atoms with E-state index in [2.05, 4.69) is 10.5 Å². The van der Waals surface area contributed by atoms with Crippen LogP contribution in [0.3, 0.4) is 0 Å². The van der Waals surface area contributed by atoms with Crippen LogP contribution in [0.15, 0.2) is 59.3 Å². The van der Waals surface area contributed by atoms with E-state index in [1.807, 2.05) is 19.1 Å². The minimum absolute atomic E-state index is 0.148. The molecule has 0 spiro atoms. The molecular formula is C23H26FN2O5P. The van der Waals surface area contributed by atoms with Crippen molar-refractivity contribution in [3.8, 4) is 11.3 Å². The summed E-state index contributed by atoms with van der Waals surface area (Å²) in [7, 11) is -3.17. The molecule has 2 aromatic carbocycles. The SMILES string of the molecule is CC1CO[PH](O)(Cc2ccc(NC(=O)CCc3cnoc3-c3ccc(F)cc3)cc2)OC1. The van der Waals surface area contributed by atoms with Crippen molar-refractivity contribution >= 4 is 19.5 Å². The van der Waals surface area contributed by atoms with E-state index in [9.17, 15) is 14.1 Å². The summed E-state index contributed by atoms with van der Waals surface area (Å²) in [4.78, 5) is 22.9. The fourth-order valence-corrected chi connectivity index (χ4v) is 5.58. The predicted octanol–water partition coefficient (Wildman–Crippen LogP) is 4.72. The van der Waals surface area contributed by atoms with Crippen LogP contribution in [0.4, 0.5) is 10.1 Å². The number of benzene rings is 2. The molecule has 0 aliphatic carbocycles. The van der Waals surface area contributed by atoms with Crippen LogP contribution in [0.25, 0.3) is 11.3 Å². The minimum atomic E-state index is -3.17. The van der Waals surface area contributed by atoms with Gasteiger partial charge in [0, 0.05) is 0 Å². The molecule has 1 aromatic heterocycles. The zero-order chi connectivity index (χ0) is 22.6. The Labute approximate surface area is 186 Å². The van der Waals surface area contributed by atoms with E-state index >= 15 is 0 Å². The molecule has 0 radical (unpaired) electrons. The summed E-state index contributed by atoms with van der Waals surface area (Å²) in [5, 5.41) is 6.68. The number of carbonyl (C=O) groups excluding carboxylic acids is 1. The van der Waals surface area contributed by atoms with Gasteiger partial charge in [-0.25, -0.2) is 4.39 Å². The summed E-state index contributed by atoms with van der Waals surface area (Å²) in [6.07, 6.45) is 2.59. The molecule has 1 fully saturated rings. The summed E-state index contributed by atoms with van der Waals surface area (Å²) in [5.41, 5.74) is 3.04. The quantitative estimate of drug-likeness (QED) is 0.496. The molecule has 1 aliphatic heterocycles. The van der Waals surface area contributed by atoms with Crippen molar-refractivity contribution in [2.75, 3.05) is 18.5 Å². The van der Waals surface area contributed by atoms with E-state index in [0.29, 0.717) is 42.8 Å².